The molecule has 0 amide bonds. The van der Waals surface area contributed by atoms with Crippen molar-refractivity contribution in [3.8, 4) is 0 Å². The van der Waals surface area contributed by atoms with E-state index in [1.807, 2.05) is 37.3 Å². The number of ketones is 1. The molecule has 0 heterocycles. The Bertz CT molecular complexity index is 638. The molecule has 19 heavy (non-hydrogen) atoms. The van der Waals surface area contributed by atoms with Gasteiger partial charge in [-0.15, -0.1) is 0 Å². The highest BCUT2D eigenvalue weighted by atomic mass is 79.9. The third-order valence-electron chi connectivity index (χ3n) is 2.79. The van der Waals surface area contributed by atoms with E-state index in [9.17, 15) is 4.79 Å². The molecule has 0 spiro atoms. The molecule has 0 atom stereocenters. The molecular weight excluding hydrogens is 391 g/mol. The molecular formula is C15H11Br2ClO. The molecule has 98 valence electrons. The molecule has 0 saturated carbocycles. The van der Waals surface area contributed by atoms with Gasteiger partial charge in [-0.25, -0.2) is 0 Å². The molecule has 1 nitrogen and oxygen atoms in total. The van der Waals surface area contributed by atoms with Crippen LogP contribution in [-0.4, -0.2) is 5.78 Å². The minimum absolute atomic E-state index is 0.0519. The van der Waals surface area contributed by atoms with E-state index in [1.54, 1.807) is 6.07 Å². The zero-order chi connectivity index (χ0) is 14.0. The normalized spacial score (nSPS) is 10.5. The zero-order valence-electron chi connectivity index (χ0n) is 10.2. The molecule has 2 aromatic carbocycles. The minimum Gasteiger partial charge on any atom is -0.294 e. The largest absolute Gasteiger partial charge is 0.294 e. The average Bonchev–Trinajstić information content (AvgIpc) is 2.32. The fourth-order valence-corrected chi connectivity index (χ4v) is 3.23. The highest BCUT2D eigenvalue weighted by Gasteiger charge is 2.12. The first-order chi connectivity index (χ1) is 8.97. The number of carbonyl (C=O) groups excluding carboxylic acids is 1. The van der Waals surface area contributed by atoms with Crippen LogP contribution in [0.15, 0.2) is 45.3 Å². The van der Waals surface area contributed by atoms with Crippen molar-refractivity contribution in [1.29, 1.82) is 0 Å². The average molecular weight is 403 g/mol. The Morgan fingerprint density at radius 1 is 1.16 bits per heavy atom. The fraction of sp³-hybridized carbons (Fsp3) is 0.133. The monoisotopic (exact) mass is 400 g/mol. The second kappa shape index (κ2) is 6.21. The van der Waals surface area contributed by atoms with Gasteiger partial charge in [0, 0.05) is 26.0 Å². The third kappa shape index (κ3) is 3.68. The van der Waals surface area contributed by atoms with Crippen LogP contribution in [-0.2, 0) is 6.42 Å². The van der Waals surface area contributed by atoms with Crippen molar-refractivity contribution in [3.05, 3.63) is 67.1 Å². The molecule has 4 heteroatoms. The number of benzene rings is 2. The van der Waals surface area contributed by atoms with Crippen LogP contribution in [0.3, 0.4) is 0 Å². The van der Waals surface area contributed by atoms with Gasteiger partial charge in [0.05, 0.1) is 0 Å². The van der Waals surface area contributed by atoms with Crippen LogP contribution in [0, 0.1) is 6.92 Å². The van der Waals surface area contributed by atoms with Crippen LogP contribution in [0.5, 0.6) is 0 Å². The molecule has 0 aliphatic heterocycles. The zero-order valence-corrected chi connectivity index (χ0v) is 14.1. The second-order valence-corrected chi connectivity index (χ2v) is 6.50. The number of Topliss-reactive ketones (excluding diaryl/α,β-unsaturated/α-hetero) is 1. The molecule has 0 N–H and O–H groups in total. The van der Waals surface area contributed by atoms with Crippen molar-refractivity contribution >= 4 is 49.2 Å². The van der Waals surface area contributed by atoms with Crippen LogP contribution in [0.25, 0.3) is 0 Å². The second-order valence-electron chi connectivity index (χ2n) is 4.32. The summed E-state index contributed by atoms with van der Waals surface area (Å²) in [6, 6.07) is 11.3. The van der Waals surface area contributed by atoms with E-state index in [0.29, 0.717) is 17.0 Å². The van der Waals surface area contributed by atoms with Crippen LogP contribution in [0.2, 0.25) is 5.02 Å². The Morgan fingerprint density at radius 3 is 2.53 bits per heavy atom. The molecule has 0 aliphatic rings. The molecule has 0 bridgehead atoms. The standard InChI is InChI=1S/C15H11Br2ClO/c1-9-2-5-12(13(17)6-9)15(19)7-10-3-4-11(16)8-14(10)18/h2-6,8H,7H2,1H3. The van der Waals surface area contributed by atoms with E-state index >= 15 is 0 Å². The van der Waals surface area contributed by atoms with Crippen LogP contribution in [0.1, 0.15) is 21.5 Å². The van der Waals surface area contributed by atoms with Crippen LogP contribution in [0.4, 0.5) is 0 Å². The Hall–Kier alpha value is -0.640. The van der Waals surface area contributed by atoms with Gasteiger partial charge in [0.1, 0.15) is 0 Å². The number of carbonyl (C=O) groups is 1. The topological polar surface area (TPSA) is 17.1 Å². The fourth-order valence-electron chi connectivity index (χ4n) is 1.78. The molecule has 0 aromatic heterocycles. The third-order valence-corrected chi connectivity index (χ3v) is 4.29. The first kappa shape index (κ1) is 14.8. The smallest absolute Gasteiger partial charge is 0.168 e. The highest BCUT2D eigenvalue weighted by molar-refractivity contribution is 9.10. The number of hydrogen-bond donors (Lipinski definition) is 0. The van der Waals surface area contributed by atoms with Gasteiger partial charge in [-0.3, -0.25) is 4.79 Å². The van der Waals surface area contributed by atoms with E-state index in [4.69, 9.17) is 11.6 Å². The maximum atomic E-state index is 12.3. The van der Waals surface area contributed by atoms with Crippen molar-refractivity contribution in [2.45, 2.75) is 13.3 Å². The Labute approximate surface area is 134 Å². The number of halogens is 3. The van der Waals surface area contributed by atoms with Gasteiger partial charge in [-0.1, -0.05) is 55.6 Å². The molecule has 2 rings (SSSR count). The van der Waals surface area contributed by atoms with Crippen molar-refractivity contribution in [1.82, 2.24) is 0 Å². The van der Waals surface area contributed by atoms with Crippen molar-refractivity contribution in [2.24, 2.45) is 0 Å². The van der Waals surface area contributed by atoms with Gasteiger partial charge in [0.25, 0.3) is 0 Å². The molecule has 0 fully saturated rings. The van der Waals surface area contributed by atoms with Gasteiger partial charge in [0.2, 0.25) is 0 Å². The lowest BCUT2D eigenvalue weighted by molar-refractivity contribution is 0.0992. The summed E-state index contributed by atoms with van der Waals surface area (Å²) >= 11 is 12.9. The Morgan fingerprint density at radius 2 is 1.89 bits per heavy atom. The van der Waals surface area contributed by atoms with Gasteiger partial charge in [0.15, 0.2) is 5.78 Å². The number of rotatable bonds is 3. The van der Waals surface area contributed by atoms with E-state index in [0.717, 1.165) is 20.1 Å². The Balaban J connectivity index is 2.25. The molecule has 0 aliphatic carbocycles. The van der Waals surface area contributed by atoms with Crippen molar-refractivity contribution < 1.29 is 4.79 Å². The number of aryl methyl sites for hydroxylation is 1. The summed E-state index contributed by atoms with van der Waals surface area (Å²) in [4.78, 5) is 12.3. The van der Waals surface area contributed by atoms with E-state index in [-0.39, 0.29) is 5.78 Å². The van der Waals surface area contributed by atoms with E-state index in [2.05, 4.69) is 31.9 Å². The quantitative estimate of drug-likeness (QED) is 0.611. The van der Waals surface area contributed by atoms with Gasteiger partial charge in [-0.05, 0) is 42.3 Å². The minimum atomic E-state index is 0.0519. The Kier molecular flexibility index (Phi) is 4.82. The van der Waals surface area contributed by atoms with Gasteiger partial charge in [-0.2, -0.15) is 0 Å². The van der Waals surface area contributed by atoms with Gasteiger partial charge >= 0.3 is 0 Å². The molecule has 0 unspecified atom stereocenters. The maximum Gasteiger partial charge on any atom is 0.168 e. The lowest BCUT2D eigenvalue weighted by atomic mass is 10.0. The first-order valence-electron chi connectivity index (χ1n) is 5.70. The lowest BCUT2D eigenvalue weighted by Crippen LogP contribution is -2.05. The van der Waals surface area contributed by atoms with E-state index < -0.39 is 0 Å². The highest BCUT2D eigenvalue weighted by Crippen LogP contribution is 2.25. The van der Waals surface area contributed by atoms with Gasteiger partial charge < -0.3 is 0 Å². The van der Waals surface area contributed by atoms with Crippen LogP contribution < -0.4 is 0 Å². The summed E-state index contributed by atoms with van der Waals surface area (Å²) < 4.78 is 1.73. The summed E-state index contributed by atoms with van der Waals surface area (Å²) in [5, 5.41) is 0.603. The predicted octanol–water partition coefficient (Wildman–Crippen LogP) is 5.60. The molecule has 0 saturated heterocycles. The van der Waals surface area contributed by atoms with E-state index in [1.165, 1.54) is 0 Å². The summed E-state index contributed by atoms with van der Waals surface area (Å²) in [6.45, 7) is 1.99. The summed E-state index contributed by atoms with van der Waals surface area (Å²) in [5.41, 5.74) is 2.64. The SMILES string of the molecule is Cc1ccc(C(=O)Cc2ccc(Br)cc2Cl)c(Br)c1. The predicted molar refractivity (Wildman–Crippen MR) is 86.1 cm³/mol. The molecule has 2 aromatic rings. The van der Waals surface area contributed by atoms with Crippen molar-refractivity contribution in [3.63, 3.8) is 0 Å². The van der Waals surface area contributed by atoms with Crippen molar-refractivity contribution in [2.75, 3.05) is 0 Å². The summed E-state index contributed by atoms with van der Waals surface area (Å²) in [6.07, 6.45) is 0.299. The molecule has 0 radical (unpaired) electrons. The maximum absolute atomic E-state index is 12.3. The lowest BCUT2D eigenvalue weighted by Gasteiger charge is -2.07. The number of hydrogen-bond acceptors (Lipinski definition) is 1. The first-order valence-corrected chi connectivity index (χ1v) is 7.67. The summed E-state index contributed by atoms with van der Waals surface area (Å²) in [5.74, 6) is 0.0519. The van der Waals surface area contributed by atoms with Crippen LogP contribution >= 0.6 is 43.5 Å². The summed E-state index contributed by atoms with van der Waals surface area (Å²) in [7, 11) is 0.